The van der Waals surface area contributed by atoms with Gasteiger partial charge in [-0.25, -0.2) is 9.48 Å². The van der Waals surface area contributed by atoms with Gasteiger partial charge < -0.3 is 10.1 Å². The van der Waals surface area contributed by atoms with Crippen LogP contribution in [0.5, 0.6) is 0 Å². The molecule has 3 rings (SSSR count). The van der Waals surface area contributed by atoms with Crippen LogP contribution in [-0.4, -0.2) is 28.3 Å². The van der Waals surface area contributed by atoms with Gasteiger partial charge in [-0.1, -0.05) is 58.0 Å². The van der Waals surface area contributed by atoms with E-state index in [2.05, 4.69) is 31.2 Å². The molecule has 0 unspecified atom stereocenters. The molecule has 1 amide bonds. The average molecular weight is 405 g/mol. The third kappa shape index (κ3) is 5.14. The van der Waals surface area contributed by atoms with Gasteiger partial charge in [0.1, 0.15) is 5.82 Å². The number of nitrogens with zero attached hydrogens (tertiary/aromatic N) is 2. The number of anilines is 1. The molecule has 0 aliphatic heterocycles. The Balaban J connectivity index is 1.71. The van der Waals surface area contributed by atoms with Gasteiger partial charge in [0.15, 0.2) is 6.61 Å². The predicted octanol–water partition coefficient (Wildman–Crippen LogP) is 4.53. The Kier molecular flexibility index (Phi) is 6.35. The number of rotatable bonds is 6. The molecule has 0 radical (unpaired) electrons. The lowest BCUT2D eigenvalue weighted by Gasteiger charge is -2.14. The van der Waals surface area contributed by atoms with Gasteiger partial charge >= 0.3 is 5.97 Å². The Morgan fingerprint density at radius 3 is 2.30 bits per heavy atom. The van der Waals surface area contributed by atoms with E-state index in [0.717, 1.165) is 23.4 Å². The molecule has 0 aliphatic carbocycles. The van der Waals surface area contributed by atoms with Crippen molar-refractivity contribution in [1.82, 2.24) is 9.78 Å². The molecule has 0 atom stereocenters. The summed E-state index contributed by atoms with van der Waals surface area (Å²) in [5.41, 5.74) is 3.04. The minimum Gasteiger partial charge on any atom is -0.452 e. The Morgan fingerprint density at radius 2 is 1.70 bits per heavy atom. The predicted molar refractivity (Wildman–Crippen MR) is 117 cm³/mol. The molecule has 1 heterocycles. The van der Waals surface area contributed by atoms with Crippen LogP contribution in [0.2, 0.25) is 0 Å². The van der Waals surface area contributed by atoms with Crippen LogP contribution in [0.3, 0.4) is 0 Å². The Hall–Kier alpha value is -3.41. The quantitative estimate of drug-likeness (QED) is 0.612. The Labute approximate surface area is 176 Å². The monoisotopic (exact) mass is 405 g/mol. The minimum atomic E-state index is -0.528. The summed E-state index contributed by atoms with van der Waals surface area (Å²) >= 11 is 0. The molecule has 30 heavy (non-hydrogen) atoms. The van der Waals surface area contributed by atoms with E-state index < -0.39 is 11.9 Å². The van der Waals surface area contributed by atoms with Crippen molar-refractivity contribution in [2.24, 2.45) is 0 Å². The topological polar surface area (TPSA) is 73.2 Å². The number of carbonyl (C=O) groups excluding carboxylic acids is 2. The number of hydrogen-bond acceptors (Lipinski definition) is 4. The lowest BCUT2D eigenvalue weighted by Crippen LogP contribution is -2.22. The lowest BCUT2D eigenvalue weighted by atomic mass is 9.92. The van der Waals surface area contributed by atoms with E-state index in [1.54, 1.807) is 16.8 Å². The summed E-state index contributed by atoms with van der Waals surface area (Å²) in [5, 5.41) is 7.47. The van der Waals surface area contributed by atoms with E-state index in [1.807, 2.05) is 55.5 Å². The van der Waals surface area contributed by atoms with E-state index in [1.165, 1.54) is 0 Å². The first-order valence-electron chi connectivity index (χ1n) is 10.00. The standard InChI is InChI=1S/C24H27N3O3/c1-5-17-11-13-18(14-12-17)23(29)30-16-22(28)25-21-15-20(24(2,3)4)26-27(21)19-9-7-6-8-10-19/h6-15H,5,16H2,1-4H3,(H,25,28). The largest absolute Gasteiger partial charge is 0.452 e. The van der Waals surface area contributed by atoms with Crippen LogP contribution < -0.4 is 5.32 Å². The molecule has 0 fully saturated rings. The van der Waals surface area contributed by atoms with E-state index in [-0.39, 0.29) is 12.0 Å². The highest BCUT2D eigenvalue weighted by molar-refractivity contribution is 5.95. The zero-order valence-corrected chi connectivity index (χ0v) is 17.8. The SMILES string of the molecule is CCc1ccc(C(=O)OCC(=O)Nc2cc(C(C)(C)C)nn2-c2ccccc2)cc1. The molecule has 0 bridgehead atoms. The van der Waals surface area contributed by atoms with Crippen molar-refractivity contribution in [3.8, 4) is 5.69 Å². The molecule has 0 aliphatic rings. The number of ether oxygens (including phenoxy) is 1. The first-order valence-corrected chi connectivity index (χ1v) is 10.00. The normalized spacial score (nSPS) is 11.2. The fourth-order valence-corrected chi connectivity index (χ4v) is 2.87. The molecule has 3 aromatic rings. The van der Waals surface area contributed by atoms with Gasteiger partial charge in [0.2, 0.25) is 0 Å². The van der Waals surface area contributed by atoms with Crippen LogP contribution in [0.15, 0.2) is 60.7 Å². The van der Waals surface area contributed by atoms with Gasteiger partial charge in [-0.05, 0) is 36.2 Å². The number of nitrogens with one attached hydrogen (secondary N) is 1. The summed E-state index contributed by atoms with van der Waals surface area (Å²) in [6.07, 6.45) is 0.892. The van der Waals surface area contributed by atoms with Gasteiger partial charge in [-0.3, -0.25) is 4.79 Å². The molecule has 6 heteroatoms. The van der Waals surface area contributed by atoms with Crippen molar-refractivity contribution in [1.29, 1.82) is 0 Å². The fourth-order valence-electron chi connectivity index (χ4n) is 2.87. The fraction of sp³-hybridized carbons (Fsp3) is 0.292. The highest BCUT2D eigenvalue weighted by Gasteiger charge is 2.22. The summed E-state index contributed by atoms with van der Waals surface area (Å²) in [7, 11) is 0. The summed E-state index contributed by atoms with van der Waals surface area (Å²) in [5.74, 6) is -0.426. The molecule has 6 nitrogen and oxygen atoms in total. The van der Waals surface area contributed by atoms with Crippen molar-refractivity contribution >= 4 is 17.7 Å². The molecule has 0 saturated heterocycles. The number of esters is 1. The molecule has 0 spiro atoms. The van der Waals surface area contributed by atoms with E-state index in [9.17, 15) is 9.59 Å². The zero-order valence-electron chi connectivity index (χ0n) is 17.8. The van der Waals surface area contributed by atoms with Crippen molar-refractivity contribution in [3.05, 3.63) is 77.5 Å². The number of aryl methyl sites for hydroxylation is 1. The zero-order chi connectivity index (χ0) is 21.7. The summed E-state index contributed by atoms with van der Waals surface area (Å²) in [4.78, 5) is 24.7. The number of para-hydroxylation sites is 1. The maximum absolute atomic E-state index is 12.5. The number of carbonyl (C=O) groups is 2. The number of amides is 1. The van der Waals surface area contributed by atoms with Crippen LogP contribution >= 0.6 is 0 Å². The third-order valence-electron chi connectivity index (χ3n) is 4.68. The molecule has 2 aromatic carbocycles. The van der Waals surface area contributed by atoms with E-state index in [4.69, 9.17) is 4.74 Å². The van der Waals surface area contributed by atoms with Crippen LogP contribution in [-0.2, 0) is 21.4 Å². The van der Waals surface area contributed by atoms with Crippen molar-refractivity contribution < 1.29 is 14.3 Å². The highest BCUT2D eigenvalue weighted by atomic mass is 16.5. The van der Waals surface area contributed by atoms with Gasteiger partial charge in [-0.15, -0.1) is 0 Å². The summed E-state index contributed by atoms with van der Waals surface area (Å²) in [6.45, 7) is 7.84. The minimum absolute atomic E-state index is 0.184. The van der Waals surface area contributed by atoms with Crippen molar-refractivity contribution in [2.45, 2.75) is 39.5 Å². The van der Waals surface area contributed by atoms with Gasteiger partial charge in [0.05, 0.1) is 16.9 Å². The second kappa shape index (κ2) is 8.95. The molecular weight excluding hydrogens is 378 g/mol. The van der Waals surface area contributed by atoms with Gasteiger partial charge in [-0.2, -0.15) is 5.10 Å². The van der Waals surface area contributed by atoms with Crippen LogP contribution in [0, 0.1) is 0 Å². The van der Waals surface area contributed by atoms with Gasteiger partial charge in [0, 0.05) is 11.5 Å². The number of aromatic nitrogens is 2. The second-order valence-electron chi connectivity index (χ2n) is 8.09. The third-order valence-corrected chi connectivity index (χ3v) is 4.68. The molecule has 0 saturated carbocycles. The average Bonchev–Trinajstić information content (AvgIpc) is 3.17. The number of hydrogen-bond donors (Lipinski definition) is 1. The number of benzene rings is 2. The van der Waals surface area contributed by atoms with Crippen LogP contribution in [0.25, 0.3) is 5.69 Å². The van der Waals surface area contributed by atoms with Crippen LogP contribution in [0.1, 0.15) is 49.3 Å². The maximum Gasteiger partial charge on any atom is 0.338 e. The Morgan fingerprint density at radius 1 is 1.03 bits per heavy atom. The van der Waals surface area contributed by atoms with E-state index in [0.29, 0.717) is 11.4 Å². The van der Waals surface area contributed by atoms with Crippen molar-refractivity contribution in [2.75, 3.05) is 11.9 Å². The summed E-state index contributed by atoms with van der Waals surface area (Å²) < 4.78 is 6.86. The first-order chi connectivity index (χ1) is 14.3. The first kappa shape index (κ1) is 21.3. The van der Waals surface area contributed by atoms with Crippen LogP contribution in [0.4, 0.5) is 5.82 Å². The van der Waals surface area contributed by atoms with Crippen molar-refractivity contribution in [3.63, 3.8) is 0 Å². The molecule has 1 aromatic heterocycles. The molecule has 156 valence electrons. The smallest absolute Gasteiger partial charge is 0.338 e. The maximum atomic E-state index is 12.5. The highest BCUT2D eigenvalue weighted by Crippen LogP contribution is 2.26. The second-order valence-corrected chi connectivity index (χ2v) is 8.09. The Bertz CT molecular complexity index is 1020. The van der Waals surface area contributed by atoms with E-state index >= 15 is 0 Å². The summed E-state index contributed by atoms with van der Waals surface area (Å²) in [6, 6.07) is 18.6. The lowest BCUT2D eigenvalue weighted by molar-refractivity contribution is -0.119. The molecule has 1 N–H and O–H groups in total. The van der Waals surface area contributed by atoms with Gasteiger partial charge in [0.25, 0.3) is 5.91 Å². The molecular formula is C24H27N3O3.